The van der Waals surface area contributed by atoms with Crippen LogP contribution in [0.2, 0.25) is 0 Å². The van der Waals surface area contributed by atoms with Gasteiger partial charge in [-0.15, -0.1) is 0 Å². The summed E-state index contributed by atoms with van der Waals surface area (Å²) >= 11 is 0. The lowest BCUT2D eigenvalue weighted by molar-refractivity contribution is -0.00754. The fourth-order valence-corrected chi connectivity index (χ4v) is 2.83. The maximum atomic E-state index is 12.3. The van der Waals surface area contributed by atoms with Gasteiger partial charge in [0.05, 0.1) is 6.42 Å². The van der Waals surface area contributed by atoms with E-state index >= 15 is 0 Å². The van der Waals surface area contributed by atoms with Gasteiger partial charge in [-0.05, 0) is 37.5 Å². The van der Waals surface area contributed by atoms with Crippen LogP contribution in [0, 0.1) is 11.8 Å². The standard InChI is InChI=1S/C14H22F2N2O2/c1-8(2)9-3-5-10(6-4-9)14-17-12(20-18-14)7-11(19)13(15)16/h8-11,13,19H,3-7H2,1-2H3. The third-order valence-electron chi connectivity index (χ3n) is 4.24. The Bertz CT molecular complexity index is 415. The van der Waals surface area contributed by atoms with Crippen LogP contribution in [0.3, 0.4) is 0 Å². The molecule has 1 heterocycles. The van der Waals surface area contributed by atoms with Crippen LogP contribution < -0.4 is 0 Å². The Morgan fingerprint density at radius 1 is 1.25 bits per heavy atom. The molecule has 0 bridgehead atoms. The number of alkyl halides is 2. The molecule has 20 heavy (non-hydrogen) atoms. The largest absolute Gasteiger partial charge is 0.387 e. The highest BCUT2D eigenvalue weighted by atomic mass is 19.3. The van der Waals surface area contributed by atoms with Gasteiger partial charge in [0.25, 0.3) is 6.43 Å². The van der Waals surface area contributed by atoms with Crippen LogP contribution in [0.15, 0.2) is 4.52 Å². The number of hydrogen-bond donors (Lipinski definition) is 1. The minimum Gasteiger partial charge on any atom is -0.387 e. The van der Waals surface area contributed by atoms with E-state index in [1.165, 1.54) is 0 Å². The predicted octanol–water partition coefficient (Wildman–Crippen LogP) is 3.17. The number of hydrogen-bond acceptors (Lipinski definition) is 4. The molecule has 1 aromatic heterocycles. The van der Waals surface area contributed by atoms with Crippen molar-refractivity contribution in [3.63, 3.8) is 0 Å². The van der Waals surface area contributed by atoms with Crippen molar-refractivity contribution < 1.29 is 18.4 Å². The number of aliphatic hydroxyl groups is 1. The van der Waals surface area contributed by atoms with E-state index in [1.54, 1.807) is 0 Å². The second kappa shape index (κ2) is 6.61. The predicted molar refractivity (Wildman–Crippen MR) is 69.5 cm³/mol. The SMILES string of the molecule is CC(C)C1CCC(c2noc(CC(O)C(F)F)n2)CC1. The molecule has 2 rings (SSSR count). The topological polar surface area (TPSA) is 59.2 Å². The molecular weight excluding hydrogens is 266 g/mol. The lowest BCUT2D eigenvalue weighted by Gasteiger charge is -2.29. The van der Waals surface area contributed by atoms with Crippen LogP contribution in [0.1, 0.15) is 57.2 Å². The van der Waals surface area contributed by atoms with E-state index in [0.717, 1.165) is 31.6 Å². The molecule has 1 saturated carbocycles. The minimum atomic E-state index is -2.79. The van der Waals surface area contributed by atoms with Crippen LogP contribution in [-0.4, -0.2) is 27.8 Å². The van der Waals surface area contributed by atoms with Crippen LogP contribution >= 0.6 is 0 Å². The zero-order valence-electron chi connectivity index (χ0n) is 11.9. The van der Waals surface area contributed by atoms with Gasteiger partial charge >= 0.3 is 0 Å². The van der Waals surface area contributed by atoms with Gasteiger partial charge in [0.2, 0.25) is 5.89 Å². The normalized spacial score (nSPS) is 25.4. The summed E-state index contributed by atoms with van der Waals surface area (Å²) in [5, 5.41) is 13.0. The van der Waals surface area contributed by atoms with Crippen molar-refractivity contribution in [1.29, 1.82) is 0 Å². The third-order valence-corrected chi connectivity index (χ3v) is 4.24. The number of halogens is 2. The van der Waals surface area contributed by atoms with Crippen LogP contribution in [-0.2, 0) is 6.42 Å². The van der Waals surface area contributed by atoms with E-state index < -0.39 is 12.5 Å². The fourth-order valence-electron chi connectivity index (χ4n) is 2.83. The summed E-state index contributed by atoms with van der Waals surface area (Å²) in [5.74, 6) is 2.39. The first-order valence-corrected chi connectivity index (χ1v) is 7.26. The highest BCUT2D eigenvalue weighted by molar-refractivity contribution is 4.98. The van der Waals surface area contributed by atoms with Gasteiger partial charge in [-0.2, -0.15) is 4.98 Å². The molecule has 0 aromatic carbocycles. The molecule has 1 aromatic rings. The fraction of sp³-hybridized carbons (Fsp3) is 0.857. The first-order chi connectivity index (χ1) is 9.47. The second-order valence-electron chi connectivity index (χ2n) is 6.01. The lowest BCUT2D eigenvalue weighted by Crippen LogP contribution is -2.20. The molecule has 114 valence electrons. The third kappa shape index (κ3) is 3.75. The molecule has 1 aliphatic carbocycles. The Morgan fingerprint density at radius 2 is 1.90 bits per heavy atom. The van der Waals surface area contributed by atoms with Crippen LogP contribution in [0.25, 0.3) is 0 Å². The van der Waals surface area contributed by atoms with E-state index in [-0.39, 0.29) is 18.2 Å². The van der Waals surface area contributed by atoms with Gasteiger partial charge in [0, 0.05) is 5.92 Å². The van der Waals surface area contributed by atoms with Crippen LogP contribution in [0.4, 0.5) is 8.78 Å². The highest BCUT2D eigenvalue weighted by Gasteiger charge is 2.28. The summed E-state index contributed by atoms with van der Waals surface area (Å²) in [6.45, 7) is 4.48. The van der Waals surface area contributed by atoms with E-state index in [2.05, 4.69) is 24.0 Å². The van der Waals surface area contributed by atoms with Crippen molar-refractivity contribution in [2.24, 2.45) is 11.8 Å². The number of aromatic nitrogens is 2. The molecule has 6 heteroatoms. The van der Waals surface area contributed by atoms with Gasteiger partial charge in [-0.25, -0.2) is 8.78 Å². The van der Waals surface area contributed by atoms with Gasteiger partial charge in [-0.1, -0.05) is 19.0 Å². The Balaban J connectivity index is 1.90. The molecular formula is C14H22F2N2O2. The number of aliphatic hydroxyl groups excluding tert-OH is 1. The molecule has 1 atom stereocenters. The van der Waals surface area contributed by atoms with Crippen molar-refractivity contribution in [3.8, 4) is 0 Å². The second-order valence-corrected chi connectivity index (χ2v) is 6.01. The number of rotatable bonds is 5. The highest BCUT2D eigenvalue weighted by Crippen LogP contribution is 2.37. The average molecular weight is 288 g/mol. The molecule has 1 N–H and O–H groups in total. The Kier molecular flexibility index (Phi) is 5.07. The maximum absolute atomic E-state index is 12.3. The summed E-state index contributed by atoms with van der Waals surface area (Å²) in [4.78, 5) is 4.16. The van der Waals surface area contributed by atoms with Crippen molar-refractivity contribution in [1.82, 2.24) is 10.1 Å². The quantitative estimate of drug-likeness (QED) is 0.904. The van der Waals surface area contributed by atoms with Gasteiger partial charge < -0.3 is 9.63 Å². The first-order valence-electron chi connectivity index (χ1n) is 7.26. The monoisotopic (exact) mass is 288 g/mol. The van der Waals surface area contributed by atoms with Crippen molar-refractivity contribution >= 4 is 0 Å². The van der Waals surface area contributed by atoms with E-state index in [1.807, 2.05) is 0 Å². The molecule has 1 fully saturated rings. The molecule has 1 aliphatic rings. The summed E-state index contributed by atoms with van der Waals surface area (Å²) < 4.78 is 29.5. The summed E-state index contributed by atoms with van der Waals surface area (Å²) in [5.41, 5.74) is 0. The van der Waals surface area contributed by atoms with E-state index in [9.17, 15) is 8.78 Å². The average Bonchev–Trinajstić information content (AvgIpc) is 2.87. The van der Waals surface area contributed by atoms with Crippen LogP contribution in [0.5, 0.6) is 0 Å². The van der Waals surface area contributed by atoms with Gasteiger partial charge in [-0.3, -0.25) is 0 Å². The Labute approximate surface area is 117 Å². The van der Waals surface area contributed by atoms with Gasteiger partial charge in [0.15, 0.2) is 5.82 Å². The van der Waals surface area contributed by atoms with E-state index in [4.69, 9.17) is 9.63 Å². The van der Waals surface area contributed by atoms with Crippen molar-refractivity contribution in [3.05, 3.63) is 11.7 Å². The molecule has 0 saturated heterocycles. The zero-order valence-corrected chi connectivity index (χ0v) is 11.9. The zero-order chi connectivity index (χ0) is 14.7. The summed E-state index contributed by atoms with van der Waals surface area (Å²) in [7, 11) is 0. The molecule has 0 radical (unpaired) electrons. The van der Waals surface area contributed by atoms with E-state index in [0.29, 0.717) is 11.7 Å². The van der Waals surface area contributed by atoms with Crippen molar-refractivity contribution in [2.45, 2.75) is 64.4 Å². The number of nitrogens with zero attached hydrogens (tertiary/aromatic N) is 2. The Hall–Kier alpha value is -1.04. The van der Waals surface area contributed by atoms with Gasteiger partial charge in [0.1, 0.15) is 6.10 Å². The summed E-state index contributed by atoms with van der Waals surface area (Å²) in [6, 6.07) is 0. The molecule has 4 nitrogen and oxygen atoms in total. The minimum absolute atomic E-state index is 0.0961. The smallest absolute Gasteiger partial charge is 0.264 e. The molecule has 0 aliphatic heterocycles. The Morgan fingerprint density at radius 3 is 2.45 bits per heavy atom. The van der Waals surface area contributed by atoms with Crippen molar-refractivity contribution in [2.75, 3.05) is 0 Å². The maximum Gasteiger partial charge on any atom is 0.264 e. The molecule has 0 amide bonds. The lowest BCUT2D eigenvalue weighted by atomic mass is 9.77. The molecule has 0 spiro atoms. The molecule has 1 unspecified atom stereocenters. The first kappa shape index (κ1) is 15.4. The summed E-state index contributed by atoms with van der Waals surface area (Å²) in [6.07, 6.45) is -0.492.